The lowest BCUT2D eigenvalue weighted by molar-refractivity contribution is 0.257. The first kappa shape index (κ1) is 20.9. The normalized spacial score (nSPS) is 12.6. The molecule has 0 spiro atoms. The Morgan fingerprint density at radius 1 is 0.931 bits per heavy atom. The number of aromatic nitrogens is 2. The molecular formula is C24H30N2O3. The van der Waals surface area contributed by atoms with Gasteiger partial charge in [0.2, 0.25) is 5.89 Å². The van der Waals surface area contributed by atoms with Crippen LogP contribution in [-0.2, 0) is 24.9 Å². The number of benzene rings is 2. The Balaban J connectivity index is 1.52. The summed E-state index contributed by atoms with van der Waals surface area (Å²) in [5.41, 5.74) is 2.58. The van der Waals surface area contributed by atoms with E-state index in [1.54, 1.807) is 7.11 Å². The molecule has 0 saturated carbocycles. The van der Waals surface area contributed by atoms with Crippen molar-refractivity contribution < 1.29 is 13.9 Å². The minimum atomic E-state index is 0.125. The summed E-state index contributed by atoms with van der Waals surface area (Å²) in [6, 6.07) is 16.2. The van der Waals surface area contributed by atoms with Crippen molar-refractivity contribution in [2.75, 3.05) is 7.11 Å². The third kappa shape index (κ3) is 5.83. The van der Waals surface area contributed by atoms with E-state index in [4.69, 9.17) is 13.9 Å². The molecule has 1 atom stereocenters. The van der Waals surface area contributed by atoms with Crippen molar-refractivity contribution in [3.05, 3.63) is 71.4 Å². The van der Waals surface area contributed by atoms with Gasteiger partial charge in [-0.05, 0) is 47.1 Å². The third-order valence-corrected chi connectivity index (χ3v) is 4.88. The maximum atomic E-state index is 5.79. The van der Waals surface area contributed by atoms with Crippen molar-refractivity contribution in [2.45, 2.75) is 52.6 Å². The van der Waals surface area contributed by atoms with Gasteiger partial charge in [0.05, 0.1) is 7.11 Å². The highest BCUT2D eigenvalue weighted by Crippen LogP contribution is 2.25. The molecule has 2 aromatic carbocycles. The minimum Gasteiger partial charge on any atom is -0.496 e. The fourth-order valence-electron chi connectivity index (χ4n) is 3.24. The zero-order valence-electron chi connectivity index (χ0n) is 17.9. The standard InChI is InChI=1S/C24H30N2O3/c1-17(14-18-8-6-7-9-21(18)27-5)15-22-25-26-23(29-22)16-28-20-12-10-19(11-13-20)24(2,3)4/h6-13,17H,14-16H2,1-5H3. The van der Waals surface area contributed by atoms with Gasteiger partial charge in [0.15, 0.2) is 6.61 Å². The van der Waals surface area contributed by atoms with E-state index < -0.39 is 0 Å². The first-order chi connectivity index (χ1) is 13.8. The van der Waals surface area contributed by atoms with Crippen LogP contribution in [0.1, 0.15) is 50.6 Å². The highest BCUT2D eigenvalue weighted by Gasteiger charge is 2.15. The highest BCUT2D eigenvalue weighted by atomic mass is 16.5. The summed E-state index contributed by atoms with van der Waals surface area (Å²) in [6.07, 6.45) is 1.60. The van der Waals surface area contributed by atoms with Crippen LogP contribution in [0.5, 0.6) is 11.5 Å². The summed E-state index contributed by atoms with van der Waals surface area (Å²) in [7, 11) is 1.70. The minimum absolute atomic E-state index is 0.125. The second-order valence-electron chi connectivity index (χ2n) is 8.48. The fraction of sp³-hybridized carbons (Fsp3) is 0.417. The van der Waals surface area contributed by atoms with Crippen LogP contribution in [0, 0.1) is 5.92 Å². The molecule has 0 amide bonds. The third-order valence-electron chi connectivity index (χ3n) is 4.88. The van der Waals surface area contributed by atoms with Crippen molar-refractivity contribution in [3.8, 4) is 11.5 Å². The molecule has 0 aliphatic carbocycles. The molecule has 1 heterocycles. The van der Waals surface area contributed by atoms with Gasteiger partial charge in [0.25, 0.3) is 5.89 Å². The van der Waals surface area contributed by atoms with Gasteiger partial charge in [0, 0.05) is 6.42 Å². The van der Waals surface area contributed by atoms with Gasteiger partial charge >= 0.3 is 0 Å². The monoisotopic (exact) mass is 394 g/mol. The van der Waals surface area contributed by atoms with Crippen molar-refractivity contribution in [2.24, 2.45) is 5.92 Å². The summed E-state index contributed by atoms with van der Waals surface area (Å²) in [5, 5.41) is 8.29. The Morgan fingerprint density at radius 3 is 2.31 bits per heavy atom. The number of para-hydroxylation sites is 1. The van der Waals surface area contributed by atoms with Crippen LogP contribution < -0.4 is 9.47 Å². The van der Waals surface area contributed by atoms with Gasteiger partial charge in [-0.3, -0.25) is 0 Å². The molecule has 0 saturated heterocycles. The maximum Gasteiger partial charge on any atom is 0.253 e. The number of hydrogen-bond acceptors (Lipinski definition) is 5. The lowest BCUT2D eigenvalue weighted by Gasteiger charge is -2.19. The van der Waals surface area contributed by atoms with Gasteiger partial charge < -0.3 is 13.9 Å². The molecule has 0 aliphatic rings. The molecule has 0 N–H and O–H groups in total. The molecule has 3 aromatic rings. The summed E-state index contributed by atoms with van der Waals surface area (Å²) in [5.74, 6) is 3.18. The molecule has 0 radical (unpaired) electrons. The molecule has 5 nitrogen and oxygen atoms in total. The smallest absolute Gasteiger partial charge is 0.253 e. The Morgan fingerprint density at radius 2 is 1.62 bits per heavy atom. The fourth-order valence-corrected chi connectivity index (χ4v) is 3.24. The molecule has 0 aliphatic heterocycles. The molecule has 0 fully saturated rings. The number of methoxy groups -OCH3 is 1. The number of hydrogen-bond donors (Lipinski definition) is 0. The lowest BCUT2D eigenvalue weighted by atomic mass is 9.87. The van der Waals surface area contributed by atoms with Crippen molar-refractivity contribution in [1.29, 1.82) is 0 Å². The predicted octanol–water partition coefficient (Wildman–Crippen LogP) is 5.38. The van der Waals surface area contributed by atoms with Crippen LogP contribution in [0.15, 0.2) is 52.9 Å². The van der Waals surface area contributed by atoms with Gasteiger partial charge in [-0.15, -0.1) is 10.2 Å². The van der Waals surface area contributed by atoms with Crippen LogP contribution in [0.25, 0.3) is 0 Å². The first-order valence-corrected chi connectivity index (χ1v) is 10.0. The lowest BCUT2D eigenvalue weighted by Crippen LogP contribution is -2.10. The SMILES string of the molecule is COc1ccccc1CC(C)Cc1nnc(COc2ccc(C(C)(C)C)cc2)o1. The Kier molecular flexibility index (Phi) is 6.57. The molecule has 3 rings (SSSR count). The number of rotatable bonds is 8. The average molecular weight is 395 g/mol. The zero-order valence-corrected chi connectivity index (χ0v) is 17.9. The zero-order chi connectivity index (χ0) is 20.9. The van der Waals surface area contributed by atoms with E-state index in [0.717, 1.165) is 17.9 Å². The number of ether oxygens (including phenoxy) is 2. The summed E-state index contributed by atoms with van der Waals surface area (Å²) < 4.78 is 17.0. The Bertz CT molecular complexity index is 910. The predicted molar refractivity (Wildman–Crippen MR) is 113 cm³/mol. The largest absolute Gasteiger partial charge is 0.496 e. The summed E-state index contributed by atoms with van der Waals surface area (Å²) in [4.78, 5) is 0. The molecule has 29 heavy (non-hydrogen) atoms. The van der Waals surface area contributed by atoms with Crippen LogP contribution in [0.4, 0.5) is 0 Å². The molecule has 1 unspecified atom stereocenters. The number of nitrogens with zero attached hydrogens (tertiary/aromatic N) is 2. The molecule has 5 heteroatoms. The topological polar surface area (TPSA) is 57.4 Å². The van der Waals surface area contributed by atoms with E-state index in [1.165, 1.54) is 11.1 Å². The van der Waals surface area contributed by atoms with E-state index in [0.29, 0.717) is 24.1 Å². The quantitative estimate of drug-likeness (QED) is 0.514. The van der Waals surface area contributed by atoms with Crippen LogP contribution >= 0.6 is 0 Å². The van der Waals surface area contributed by atoms with E-state index in [9.17, 15) is 0 Å². The van der Waals surface area contributed by atoms with E-state index >= 15 is 0 Å². The van der Waals surface area contributed by atoms with Crippen LogP contribution in [0.3, 0.4) is 0 Å². The van der Waals surface area contributed by atoms with Gasteiger partial charge in [0.1, 0.15) is 11.5 Å². The summed E-state index contributed by atoms with van der Waals surface area (Å²) in [6.45, 7) is 9.01. The second kappa shape index (κ2) is 9.12. The van der Waals surface area contributed by atoms with Gasteiger partial charge in [-0.2, -0.15) is 0 Å². The van der Waals surface area contributed by atoms with E-state index in [2.05, 4.69) is 56.1 Å². The Labute approximate surface area is 173 Å². The van der Waals surface area contributed by atoms with Gasteiger partial charge in [-0.25, -0.2) is 0 Å². The molecule has 0 bridgehead atoms. The Hall–Kier alpha value is -2.82. The average Bonchev–Trinajstić information content (AvgIpc) is 3.13. The molecule has 154 valence electrons. The second-order valence-corrected chi connectivity index (χ2v) is 8.48. The van der Waals surface area contributed by atoms with Crippen molar-refractivity contribution >= 4 is 0 Å². The van der Waals surface area contributed by atoms with Crippen molar-refractivity contribution in [1.82, 2.24) is 10.2 Å². The van der Waals surface area contributed by atoms with Crippen LogP contribution in [-0.4, -0.2) is 17.3 Å². The first-order valence-electron chi connectivity index (χ1n) is 10.0. The van der Waals surface area contributed by atoms with E-state index in [-0.39, 0.29) is 12.0 Å². The van der Waals surface area contributed by atoms with Crippen molar-refractivity contribution in [3.63, 3.8) is 0 Å². The van der Waals surface area contributed by atoms with Crippen LogP contribution in [0.2, 0.25) is 0 Å². The molecule has 1 aromatic heterocycles. The van der Waals surface area contributed by atoms with E-state index in [1.807, 2.05) is 30.3 Å². The highest BCUT2D eigenvalue weighted by molar-refractivity contribution is 5.33. The molecular weight excluding hydrogens is 364 g/mol. The maximum absolute atomic E-state index is 5.79. The summed E-state index contributed by atoms with van der Waals surface area (Å²) >= 11 is 0. The van der Waals surface area contributed by atoms with Gasteiger partial charge in [-0.1, -0.05) is 58.0 Å².